The number of nitrogens with two attached hydrogens (primary N) is 1. The molecule has 108 valence electrons. The number of hydrogen-bond donors (Lipinski definition) is 1. The van der Waals surface area contributed by atoms with Gasteiger partial charge in [-0.15, -0.1) is 11.8 Å². The van der Waals surface area contributed by atoms with Crippen molar-refractivity contribution in [1.29, 1.82) is 0 Å². The standard InChI is InChI=1S/C12H21N3O3S/c1-11(2,3)17-9(16)7-19-6-8-14-10(15-18-8)12(4,5)13/h6-7,13H2,1-5H3. The Balaban J connectivity index is 2.38. The van der Waals surface area contributed by atoms with E-state index in [-0.39, 0.29) is 11.7 Å². The maximum Gasteiger partial charge on any atom is 0.316 e. The zero-order valence-electron chi connectivity index (χ0n) is 12.0. The molecule has 0 amide bonds. The molecule has 0 spiro atoms. The Morgan fingerprint density at radius 1 is 1.37 bits per heavy atom. The van der Waals surface area contributed by atoms with Gasteiger partial charge in [0.2, 0.25) is 5.89 Å². The van der Waals surface area contributed by atoms with Gasteiger partial charge in [0, 0.05) is 0 Å². The van der Waals surface area contributed by atoms with E-state index in [4.69, 9.17) is 15.0 Å². The van der Waals surface area contributed by atoms with Crippen molar-refractivity contribution < 1.29 is 14.1 Å². The molecule has 0 aliphatic heterocycles. The van der Waals surface area contributed by atoms with Gasteiger partial charge in [-0.2, -0.15) is 4.98 Å². The molecule has 1 rings (SSSR count). The van der Waals surface area contributed by atoms with E-state index < -0.39 is 11.1 Å². The van der Waals surface area contributed by atoms with Crippen LogP contribution >= 0.6 is 11.8 Å². The summed E-state index contributed by atoms with van der Waals surface area (Å²) in [6, 6.07) is 0. The largest absolute Gasteiger partial charge is 0.459 e. The number of thioether (sulfide) groups is 1. The van der Waals surface area contributed by atoms with Crippen LogP contribution in [0.15, 0.2) is 4.52 Å². The van der Waals surface area contributed by atoms with Crippen molar-refractivity contribution in [3.63, 3.8) is 0 Å². The molecule has 0 aliphatic rings. The van der Waals surface area contributed by atoms with Crippen molar-refractivity contribution in [2.24, 2.45) is 5.73 Å². The van der Waals surface area contributed by atoms with Crippen LogP contribution in [0.5, 0.6) is 0 Å². The van der Waals surface area contributed by atoms with Crippen molar-refractivity contribution in [1.82, 2.24) is 10.1 Å². The average Bonchev–Trinajstić information content (AvgIpc) is 2.62. The first-order valence-corrected chi connectivity index (χ1v) is 7.15. The lowest BCUT2D eigenvalue weighted by Crippen LogP contribution is -2.30. The van der Waals surface area contributed by atoms with E-state index in [0.717, 1.165) is 0 Å². The Bertz CT molecular complexity index is 432. The van der Waals surface area contributed by atoms with Crippen molar-refractivity contribution in [3.05, 3.63) is 11.7 Å². The van der Waals surface area contributed by atoms with Gasteiger partial charge in [-0.1, -0.05) is 5.16 Å². The molecule has 1 aromatic rings. The van der Waals surface area contributed by atoms with E-state index in [1.165, 1.54) is 11.8 Å². The zero-order chi connectivity index (χ0) is 14.7. The van der Waals surface area contributed by atoms with E-state index in [9.17, 15) is 4.79 Å². The summed E-state index contributed by atoms with van der Waals surface area (Å²) < 4.78 is 10.2. The lowest BCUT2D eigenvalue weighted by molar-refractivity contribution is -0.151. The highest BCUT2D eigenvalue weighted by atomic mass is 32.2. The first kappa shape index (κ1) is 16.0. The predicted molar refractivity (Wildman–Crippen MR) is 73.5 cm³/mol. The summed E-state index contributed by atoms with van der Waals surface area (Å²) in [6.07, 6.45) is 0. The predicted octanol–water partition coefficient (Wildman–Crippen LogP) is 1.84. The molecule has 6 nitrogen and oxygen atoms in total. The minimum atomic E-state index is -0.627. The first-order valence-electron chi connectivity index (χ1n) is 5.99. The van der Waals surface area contributed by atoms with Crippen LogP contribution in [0.25, 0.3) is 0 Å². The molecule has 0 aliphatic carbocycles. The quantitative estimate of drug-likeness (QED) is 0.826. The Labute approximate surface area is 117 Å². The SMILES string of the molecule is CC(C)(C)OC(=O)CSCc1nc(C(C)(C)N)no1. The average molecular weight is 287 g/mol. The summed E-state index contributed by atoms with van der Waals surface area (Å²) in [4.78, 5) is 15.7. The topological polar surface area (TPSA) is 91.2 Å². The number of ether oxygens (including phenoxy) is 1. The smallest absolute Gasteiger partial charge is 0.316 e. The van der Waals surface area contributed by atoms with Crippen molar-refractivity contribution in [2.45, 2.75) is 51.5 Å². The second-order valence-electron chi connectivity index (χ2n) is 5.81. The summed E-state index contributed by atoms with van der Waals surface area (Å²) in [5, 5.41) is 3.80. The summed E-state index contributed by atoms with van der Waals surface area (Å²) in [7, 11) is 0. The Morgan fingerprint density at radius 2 is 2.00 bits per heavy atom. The number of hydrogen-bond acceptors (Lipinski definition) is 7. The molecular weight excluding hydrogens is 266 g/mol. The molecule has 19 heavy (non-hydrogen) atoms. The van der Waals surface area contributed by atoms with Gasteiger partial charge >= 0.3 is 5.97 Å². The number of rotatable bonds is 5. The second kappa shape index (κ2) is 5.92. The molecule has 1 heterocycles. The molecule has 7 heteroatoms. The third kappa shape index (κ3) is 6.07. The fourth-order valence-electron chi connectivity index (χ4n) is 1.17. The van der Waals surface area contributed by atoms with Crippen LogP contribution in [-0.4, -0.2) is 27.5 Å². The van der Waals surface area contributed by atoms with Crippen LogP contribution in [0.2, 0.25) is 0 Å². The van der Waals surface area contributed by atoms with E-state index >= 15 is 0 Å². The molecule has 1 aromatic heterocycles. The highest BCUT2D eigenvalue weighted by molar-refractivity contribution is 7.99. The minimum absolute atomic E-state index is 0.251. The molecule has 0 saturated heterocycles. The molecule has 0 atom stereocenters. The number of esters is 1. The van der Waals surface area contributed by atoms with E-state index in [1.807, 2.05) is 20.8 Å². The minimum Gasteiger partial charge on any atom is -0.459 e. The van der Waals surface area contributed by atoms with Crippen LogP contribution in [-0.2, 0) is 20.8 Å². The van der Waals surface area contributed by atoms with E-state index in [2.05, 4.69) is 10.1 Å². The van der Waals surface area contributed by atoms with Crippen LogP contribution in [0.4, 0.5) is 0 Å². The lowest BCUT2D eigenvalue weighted by atomic mass is 10.1. The fourth-order valence-corrected chi connectivity index (χ4v) is 1.79. The molecule has 0 bridgehead atoms. The Hall–Kier alpha value is -1.08. The highest BCUT2D eigenvalue weighted by Gasteiger charge is 2.21. The Morgan fingerprint density at radius 3 is 2.47 bits per heavy atom. The number of carbonyl (C=O) groups is 1. The molecule has 0 unspecified atom stereocenters. The van der Waals surface area contributed by atoms with Gasteiger partial charge in [0.15, 0.2) is 5.82 Å². The first-order chi connectivity index (χ1) is 8.58. The number of carbonyl (C=O) groups excluding carboxylic acids is 1. The van der Waals surface area contributed by atoms with Crippen molar-refractivity contribution in [3.8, 4) is 0 Å². The third-order valence-corrected chi connectivity index (χ3v) is 2.80. The monoisotopic (exact) mass is 287 g/mol. The zero-order valence-corrected chi connectivity index (χ0v) is 12.8. The van der Waals surface area contributed by atoms with Gasteiger partial charge in [0.25, 0.3) is 0 Å². The van der Waals surface area contributed by atoms with Crippen LogP contribution < -0.4 is 5.73 Å². The maximum atomic E-state index is 11.5. The van der Waals surface area contributed by atoms with Crippen LogP contribution in [0, 0.1) is 0 Å². The van der Waals surface area contributed by atoms with Crippen LogP contribution in [0.3, 0.4) is 0 Å². The normalized spacial score (nSPS) is 12.5. The second-order valence-corrected chi connectivity index (χ2v) is 6.80. The van der Waals surface area contributed by atoms with E-state index in [0.29, 0.717) is 17.5 Å². The fraction of sp³-hybridized carbons (Fsp3) is 0.750. The highest BCUT2D eigenvalue weighted by Crippen LogP contribution is 2.17. The number of nitrogens with zero attached hydrogens (tertiary/aromatic N) is 2. The summed E-state index contributed by atoms with van der Waals surface area (Å²) in [6.45, 7) is 9.11. The van der Waals surface area contributed by atoms with Gasteiger partial charge in [0.05, 0.1) is 17.0 Å². The molecule has 0 aromatic carbocycles. The van der Waals surface area contributed by atoms with Crippen molar-refractivity contribution >= 4 is 17.7 Å². The maximum absolute atomic E-state index is 11.5. The Kier molecular flexibility index (Phi) is 4.98. The lowest BCUT2D eigenvalue weighted by Gasteiger charge is -2.19. The van der Waals surface area contributed by atoms with Crippen LogP contribution in [0.1, 0.15) is 46.3 Å². The molecule has 0 radical (unpaired) electrons. The van der Waals surface area contributed by atoms with Gasteiger partial charge in [-0.05, 0) is 34.6 Å². The molecule has 0 saturated carbocycles. The van der Waals surface area contributed by atoms with Gasteiger partial charge < -0.3 is 15.0 Å². The molecular formula is C12H21N3O3S. The van der Waals surface area contributed by atoms with Gasteiger partial charge in [-0.3, -0.25) is 4.79 Å². The van der Waals surface area contributed by atoms with Crippen molar-refractivity contribution in [2.75, 3.05) is 5.75 Å². The summed E-state index contributed by atoms with van der Waals surface area (Å²) >= 11 is 1.37. The summed E-state index contributed by atoms with van der Waals surface area (Å²) in [5.74, 6) is 1.38. The molecule has 0 fully saturated rings. The van der Waals surface area contributed by atoms with E-state index in [1.54, 1.807) is 13.8 Å². The third-order valence-electron chi connectivity index (χ3n) is 1.91. The van der Waals surface area contributed by atoms with Gasteiger partial charge in [-0.25, -0.2) is 0 Å². The number of aromatic nitrogens is 2. The van der Waals surface area contributed by atoms with Gasteiger partial charge in [0.1, 0.15) is 5.60 Å². The summed E-state index contributed by atoms with van der Waals surface area (Å²) in [5.41, 5.74) is 4.76. The molecule has 2 N–H and O–H groups in total.